The molecule has 0 saturated carbocycles. The van der Waals surface area contributed by atoms with Crippen LogP contribution in [0.5, 0.6) is 0 Å². The van der Waals surface area contributed by atoms with Gasteiger partial charge in [-0.1, -0.05) is 24.3 Å². The molecule has 0 spiro atoms. The van der Waals surface area contributed by atoms with Crippen molar-refractivity contribution < 1.29 is 4.39 Å². The molecule has 0 saturated heterocycles. The molecule has 2 rings (SSSR count). The van der Waals surface area contributed by atoms with E-state index in [9.17, 15) is 4.39 Å². The second-order valence-electron chi connectivity index (χ2n) is 4.68. The molecule has 100 valence electrons. The number of halogens is 1. The maximum Gasteiger partial charge on any atom is 0.123 e. The summed E-state index contributed by atoms with van der Waals surface area (Å²) in [6.07, 6.45) is 0. The van der Waals surface area contributed by atoms with E-state index < -0.39 is 0 Å². The molecule has 0 aromatic heterocycles. The lowest BCUT2D eigenvalue weighted by Gasteiger charge is -2.19. The summed E-state index contributed by atoms with van der Waals surface area (Å²) in [6, 6.07) is 15.1. The van der Waals surface area contributed by atoms with Crippen LogP contribution in [0, 0.1) is 5.82 Å². The van der Waals surface area contributed by atoms with Crippen LogP contribution in [-0.2, 0) is 13.1 Å². The van der Waals surface area contributed by atoms with E-state index in [1.807, 2.05) is 14.1 Å². The van der Waals surface area contributed by atoms with E-state index in [-0.39, 0.29) is 5.82 Å². The van der Waals surface area contributed by atoms with Crippen molar-refractivity contribution in [3.63, 3.8) is 0 Å². The standard InChI is InChI=1S/C16H19FN2/c1-18-11-13-4-3-5-14(10-13)12-19(2)16-8-6-15(17)7-9-16/h3-10,18H,11-12H2,1-2H3. The number of rotatable bonds is 5. The highest BCUT2D eigenvalue weighted by Gasteiger charge is 2.03. The Kier molecular flexibility index (Phi) is 4.53. The van der Waals surface area contributed by atoms with Gasteiger partial charge in [0, 0.05) is 25.8 Å². The molecule has 1 N–H and O–H groups in total. The van der Waals surface area contributed by atoms with Crippen molar-refractivity contribution in [1.82, 2.24) is 5.32 Å². The van der Waals surface area contributed by atoms with E-state index in [2.05, 4.69) is 34.5 Å². The zero-order chi connectivity index (χ0) is 13.7. The van der Waals surface area contributed by atoms with Gasteiger partial charge in [0.15, 0.2) is 0 Å². The number of anilines is 1. The quantitative estimate of drug-likeness (QED) is 0.886. The number of hydrogen-bond donors (Lipinski definition) is 1. The number of benzene rings is 2. The SMILES string of the molecule is CNCc1cccc(CN(C)c2ccc(F)cc2)c1. The maximum absolute atomic E-state index is 12.9. The molecule has 0 unspecified atom stereocenters. The minimum Gasteiger partial charge on any atom is -0.370 e. The Morgan fingerprint density at radius 2 is 1.74 bits per heavy atom. The third kappa shape index (κ3) is 3.80. The van der Waals surface area contributed by atoms with E-state index in [0.717, 1.165) is 18.8 Å². The van der Waals surface area contributed by atoms with Crippen LogP contribution in [0.1, 0.15) is 11.1 Å². The predicted octanol–water partition coefficient (Wildman–Crippen LogP) is 3.18. The highest BCUT2D eigenvalue weighted by Crippen LogP contribution is 2.16. The normalized spacial score (nSPS) is 10.5. The van der Waals surface area contributed by atoms with Crippen LogP contribution in [0.3, 0.4) is 0 Å². The van der Waals surface area contributed by atoms with Crippen molar-refractivity contribution in [2.45, 2.75) is 13.1 Å². The van der Waals surface area contributed by atoms with E-state index >= 15 is 0 Å². The lowest BCUT2D eigenvalue weighted by molar-refractivity contribution is 0.627. The van der Waals surface area contributed by atoms with Crippen LogP contribution in [0.15, 0.2) is 48.5 Å². The second kappa shape index (κ2) is 6.34. The Labute approximate surface area is 113 Å². The largest absolute Gasteiger partial charge is 0.370 e. The first-order valence-electron chi connectivity index (χ1n) is 6.38. The average molecular weight is 258 g/mol. The van der Waals surface area contributed by atoms with Crippen molar-refractivity contribution in [2.24, 2.45) is 0 Å². The molecule has 0 amide bonds. The molecule has 0 fully saturated rings. The molecule has 3 heteroatoms. The molecule has 2 aromatic carbocycles. The number of nitrogens with zero attached hydrogens (tertiary/aromatic N) is 1. The third-order valence-electron chi connectivity index (χ3n) is 3.06. The van der Waals surface area contributed by atoms with Gasteiger partial charge in [-0.15, -0.1) is 0 Å². The molecular formula is C16H19FN2. The maximum atomic E-state index is 12.9. The number of nitrogens with one attached hydrogen (secondary N) is 1. The van der Waals surface area contributed by atoms with Gasteiger partial charge in [-0.2, -0.15) is 0 Å². The molecule has 2 aromatic rings. The molecule has 0 atom stereocenters. The number of hydrogen-bond acceptors (Lipinski definition) is 2. The van der Waals surface area contributed by atoms with Crippen LogP contribution >= 0.6 is 0 Å². The lowest BCUT2D eigenvalue weighted by atomic mass is 10.1. The third-order valence-corrected chi connectivity index (χ3v) is 3.06. The van der Waals surface area contributed by atoms with Gasteiger partial charge in [0.05, 0.1) is 0 Å². The Morgan fingerprint density at radius 3 is 2.42 bits per heavy atom. The summed E-state index contributed by atoms with van der Waals surface area (Å²) in [6.45, 7) is 1.68. The molecule has 0 radical (unpaired) electrons. The predicted molar refractivity (Wildman–Crippen MR) is 77.7 cm³/mol. The molecule has 0 bridgehead atoms. The van der Waals surface area contributed by atoms with Crippen molar-refractivity contribution >= 4 is 5.69 Å². The van der Waals surface area contributed by atoms with Gasteiger partial charge in [-0.05, 0) is 42.4 Å². The van der Waals surface area contributed by atoms with Gasteiger partial charge in [0.2, 0.25) is 0 Å². The zero-order valence-electron chi connectivity index (χ0n) is 11.4. The van der Waals surface area contributed by atoms with Gasteiger partial charge in [-0.3, -0.25) is 0 Å². The Balaban J connectivity index is 2.07. The van der Waals surface area contributed by atoms with Gasteiger partial charge >= 0.3 is 0 Å². The minimum absolute atomic E-state index is 0.201. The fourth-order valence-corrected chi connectivity index (χ4v) is 2.10. The first-order valence-corrected chi connectivity index (χ1v) is 6.38. The lowest BCUT2D eigenvalue weighted by Crippen LogP contribution is -2.16. The van der Waals surface area contributed by atoms with E-state index in [1.54, 1.807) is 12.1 Å². The Bertz CT molecular complexity index is 523. The summed E-state index contributed by atoms with van der Waals surface area (Å²) in [4.78, 5) is 2.11. The molecule has 0 aliphatic rings. The molecule has 0 aliphatic carbocycles. The Morgan fingerprint density at radius 1 is 1.05 bits per heavy atom. The van der Waals surface area contributed by atoms with Crippen LogP contribution in [0.2, 0.25) is 0 Å². The van der Waals surface area contributed by atoms with E-state index in [1.165, 1.54) is 23.3 Å². The van der Waals surface area contributed by atoms with Crippen molar-refractivity contribution in [3.8, 4) is 0 Å². The summed E-state index contributed by atoms with van der Waals surface area (Å²) in [7, 11) is 3.95. The molecule has 0 aliphatic heterocycles. The van der Waals surface area contributed by atoms with Crippen molar-refractivity contribution in [1.29, 1.82) is 0 Å². The molecule has 0 heterocycles. The highest BCUT2D eigenvalue weighted by atomic mass is 19.1. The van der Waals surface area contributed by atoms with Gasteiger partial charge in [0.25, 0.3) is 0 Å². The van der Waals surface area contributed by atoms with E-state index in [0.29, 0.717) is 0 Å². The van der Waals surface area contributed by atoms with Crippen LogP contribution in [0.25, 0.3) is 0 Å². The van der Waals surface area contributed by atoms with Crippen LogP contribution in [-0.4, -0.2) is 14.1 Å². The van der Waals surface area contributed by atoms with Crippen LogP contribution in [0.4, 0.5) is 10.1 Å². The van der Waals surface area contributed by atoms with Crippen molar-refractivity contribution in [2.75, 3.05) is 19.0 Å². The first kappa shape index (κ1) is 13.6. The fourth-order valence-electron chi connectivity index (χ4n) is 2.10. The molecular weight excluding hydrogens is 239 g/mol. The van der Waals surface area contributed by atoms with Crippen LogP contribution < -0.4 is 10.2 Å². The summed E-state index contributed by atoms with van der Waals surface area (Å²) >= 11 is 0. The van der Waals surface area contributed by atoms with Gasteiger partial charge in [0.1, 0.15) is 5.82 Å². The van der Waals surface area contributed by atoms with Gasteiger partial charge in [-0.25, -0.2) is 4.39 Å². The summed E-state index contributed by atoms with van der Waals surface area (Å²) < 4.78 is 12.9. The minimum atomic E-state index is -0.201. The molecule has 2 nitrogen and oxygen atoms in total. The van der Waals surface area contributed by atoms with Gasteiger partial charge < -0.3 is 10.2 Å². The monoisotopic (exact) mass is 258 g/mol. The Hall–Kier alpha value is -1.87. The van der Waals surface area contributed by atoms with Crippen molar-refractivity contribution in [3.05, 3.63) is 65.5 Å². The highest BCUT2D eigenvalue weighted by molar-refractivity contribution is 5.46. The topological polar surface area (TPSA) is 15.3 Å². The smallest absolute Gasteiger partial charge is 0.123 e. The molecule has 19 heavy (non-hydrogen) atoms. The summed E-state index contributed by atoms with van der Waals surface area (Å²) in [5.41, 5.74) is 3.53. The average Bonchev–Trinajstić information content (AvgIpc) is 2.40. The first-order chi connectivity index (χ1) is 9.19. The second-order valence-corrected chi connectivity index (χ2v) is 4.68. The summed E-state index contributed by atoms with van der Waals surface area (Å²) in [5.74, 6) is -0.201. The fraction of sp³-hybridized carbons (Fsp3) is 0.250. The summed E-state index contributed by atoms with van der Waals surface area (Å²) in [5, 5.41) is 3.15. The zero-order valence-corrected chi connectivity index (χ0v) is 11.4. The van der Waals surface area contributed by atoms with E-state index in [4.69, 9.17) is 0 Å².